The summed E-state index contributed by atoms with van der Waals surface area (Å²) >= 11 is 0. The summed E-state index contributed by atoms with van der Waals surface area (Å²) in [7, 11) is 3.10. The van der Waals surface area contributed by atoms with Gasteiger partial charge in [-0.3, -0.25) is 4.68 Å². The predicted molar refractivity (Wildman–Crippen MR) is 65.5 cm³/mol. The van der Waals surface area contributed by atoms with Crippen molar-refractivity contribution in [2.24, 2.45) is 7.05 Å². The van der Waals surface area contributed by atoms with Gasteiger partial charge in [0.25, 0.3) is 0 Å². The average Bonchev–Trinajstić information content (AvgIpc) is 2.76. The van der Waals surface area contributed by atoms with Crippen LogP contribution >= 0.6 is 0 Å². The number of nitrogens with zero attached hydrogens (tertiary/aromatic N) is 2. The number of nitrogens with two attached hydrogens (primary N) is 1. The van der Waals surface area contributed by atoms with Gasteiger partial charge in [0.2, 0.25) is 0 Å². The minimum Gasteiger partial charge on any atom is -0.465 e. The number of esters is 1. The number of hydrogen-bond acceptors (Lipinski definition) is 5. The van der Waals surface area contributed by atoms with E-state index in [9.17, 15) is 4.79 Å². The molecule has 1 heterocycles. The standard InChI is InChI=1S/C12H13N3O3/c1-15-7-9(6-14-15)18-11-5-8(12(16)17-2)3-4-10(11)13/h3-7H,13H2,1-2H3. The van der Waals surface area contributed by atoms with Crippen LogP contribution in [0.15, 0.2) is 30.6 Å². The number of anilines is 1. The van der Waals surface area contributed by atoms with Crippen molar-refractivity contribution < 1.29 is 14.3 Å². The maximum Gasteiger partial charge on any atom is 0.337 e. The Morgan fingerprint density at radius 1 is 1.44 bits per heavy atom. The Balaban J connectivity index is 2.29. The van der Waals surface area contributed by atoms with Crippen molar-refractivity contribution in [1.82, 2.24) is 9.78 Å². The van der Waals surface area contributed by atoms with E-state index in [0.29, 0.717) is 22.7 Å². The molecular formula is C12H13N3O3. The van der Waals surface area contributed by atoms with Crippen LogP contribution in [0.5, 0.6) is 11.5 Å². The molecule has 0 unspecified atom stereocenters. The maximum atomic E-state index is 11.4. The topological polar surface area (TPSA) is 79.4 Å². The Labute approximate surface area is 104 Å². The molecule has 1 aromatic heterocycles. The molecule has 2 rings (SSSR count). The molecule has 0 aliphatic carbocycles. The van der Waals surface area contributed by atoms with E-state index in [1.807, 2.05) is 0 Å². The average molecular weight is 247 g/mol. The molecule has 18 heavy (non-hydrogen) atoms. The molecule has 0 amide bonds. The third kappa shape index (κ3) is 2.42. The molecular weight excluding hydrogens is 234 g/mol. The fourth-order valence-electron chi connectivity index (χ4n) is 1.45. The molecule has 0 aliphatic heterocycles. The monoisotopic (exact) mass is 247 g/mol. The van der Waals surface area contributed by atoms with Crippen molar-refractivity contribution in [1.29, 1.82) is 0 Å². The lowest BCUT2D eigenvalue weighted by molar-refractivity contribution is 0.0600. The van der Waals surface area contributed by atoms with E-state index in [1.165, 1.54) is 13.2 Å². The quantitative estimate of drug-likeness (QED) is 0.658. The fourth-order valence-corrected chi connectivity index (χ4v) is 1.45. The van der Waals surface area contributed by atoms with Gasteiger partial charge in [0.15, 0.2) is 11.5 Å². The summed E-state index contributed by atoms with van der Waals surface area (Å²) in [6.45, 7) is 0. The van der Waals surface area contributed by atoms with Gasteiger partial charge in [-0.15, -0.1) is 0 Å². The molecule has 6 heteroatoms. The first-order valence-corrected chi connectivity index (χ1v) is 5.24. The SMILES string of the molecule is COC(=O)c1ccc(N)c(Oc2cnn(C)c2)c1. The number of aromatic nitrogens is 2. The second-order valence-electron chi connectivity index (χ2n) is 3.70. The number of ether oxygens (including phenoxy) is 2. The Morgan fingerprint density at radius 3 is 2.83 bits per heavy atom. The summed E-state index contributed by atoms with van der Waals surface area (Å²) in [6, 6.07) is 4.71. The van der Waals surface area contributed by atoms with Crippen LogP contribution in [-0.4, -0.2) is 22.9 Å². The maximum absolute atomic E-state index is 11.4. The molecule has 0 saturated heterocycles. The number of hydrogen-bond donors (Lipinski definition) is 1. The Bertz CT molecular complexity index is 578. The lowest BCUT2D eigenvalue weighted by atomic mass is 10.2. The van der Waals surface area contributed by atoms with Gasteiger partial charge in [-0.1, -0.05) is 0 Å². The van der Waals surface area contributed by atoms with Crippen molar-refractivity contribution in [2.75, 3.05) is 12.8 Å². The molecule has 6 nitrogen and oxygen atoms in total. The molecule has 0 saturated carbocycles. The second-order valence-corrected chi connectivity index (χ2v) is 3.70. The Kier molecular flexibility index (Phi) is 3.18. The number of nitrogen functional groups attached to an aromatic ring is 1. The molecule has 0 radical (unpaired) electrons. The van der Waals surface area contributed by atoms with Crippen molar-refractivity contribution in [2.45, 2.75) is 0 Å². The molecule has 1 aromatic carbocycles. The van der Waals surface area contributed by atoms with Gasteiger partial charge in [-0.25, -0.2) is 4.79 Å². The molecule has 0 aliphatic rings. The third-order valence-electron chi connectivity index (χ3n) is 2.34. The normalized spacial score (nSPS) is 10.1. The van der Waals surface area contributed by atoms with Crippen LogP contribution in [0.1, 0.15) is 10.4 Å². The van der Waals surface area contributed by atoms with Crippen LogP contribution in [0.3, 0.4) is 0 Å². The number of aryl methyl sites for hydroxylation is 1. The van der Waals surface area contributed by atoms with Crippen molar-refractivity contribution in [3.8, 4) is 11.5 Å². The number of methoxy groups -OCH3 is 1. The van der Waals surface area contributed by atoms with E-state index >= 15 is 0 Å². The van der Waals surface area contributed by atoms with Crippen LogP contribution < -0.4 is 10.5 Å². The van der Waals surface area contributed by atoms with Crippen LogP contribution in [0.2, 0.25) is 0 Å². The predicted octanol–water partition coefficient (Wildman–Crippen LogP) is 1.58. The van der Waals surface area contributed by atoms with Gasteiger partial charge in [0.1, 0.15) is 0 Å². The first kappa shape index (κ1) is 12.0. The van der Waals surface area contributed by atoms with E-state index in [4.69, 9.17) is 10.5 Å². The summed E-state index contributed by atoms with van der Waals surface area (Å²) in [4.78, 5) is 11.4. The number of rotatable bonds is 3. The smallest absolute Gasteiger partial charge is 0.337 e. The minimum atomic E-state index is -0.439. The van der Waals surface area contributed by atoms with Gasteiger partial charge >= 0.3 is 5.97 Å². The molecule has 0 fully saturated rings. The van der Waals surface area contributed by atoms with E-state index < -0.39 is 5.97 Å². The van der Waals surface area contributed by atoms with E-state index in [1.54, 1.807) is 36.3 Å². The highest BCUT2D eigenvalue weighted by molar-refractivity contribution is 5.90. The highest BCUT2D eigenvalue weighted by Crippen LogP contribution is 2.28. The van der Waals surface area contributed by atoms with Gasteiger partial charge in [-0.05, 0) is 18.2 Å². The Morgan fingerprint density at radius 2 is 2.22 bits per heavy atom. The number of benzene rings is 1. The second kappa shape index (κ2) is 4.79. The zero-order chi connectivity index (χ0) is 13.1. The number of carbonyl (C=O) groups excluding carboxylic acids is 1. The fraction of sp³-hybridized carbons (Fsp3) is 0.167. The van der Waals surface area contributed by atoms with Gasteiger partial charge in [0, 0.05) is 7.05 Å². The van der Waals surface area contributed by atoms with Crippen LogP contribution in [0.25, 0.3) is 0 Å². The van der Waals surface area contributed by atoms with E-state index in [-0.39, 0.29) is 0 Å². The van der Waals surface area contributed by atoms with Crippen LogP contribution in [0.4, 0.5) is 5.69 Å². The summed E-state index contributed by atoms with van der Waals surface area (Å²) < 4.78 is 11.8. The van der Waals surface area contributed by atoms with E-state index in [0.717, 1.165) is 0 Å². The lowest BCUT2D eigenvalue weighted by Gasteiger charge is -2.07. The summed E-state index contributed by atoms with van der Waals surface area (Å²) in [5.74, 6) is 0.503. The third-order valence-corrected chi connectivity index (χ3v) is 2.34. The first-order chi connectivity index (χ1) is 8.60. The van der Waals surface area contributed by atoms with Gasteiger partial charge in [0.05, 0.1) is 30.8 Å². The summed E-state index contributed by atoms with van der Waals surface area (Å²) in [5, 5.41) is 3.98. The van der Waals surface area contributed by atoms with Crippen molar-refractivity contribution in [3.05, 3.63) is 36.2 Å². The highest BCUT2D eigenvalue weighted by Gasteiger charge is 2.10. The molecule has 2 aromatic rings. The Hall–Kier alpha value is -2.50. The lowest BCUT2D eigenvalue weighted by Crippen LogP contribution is -2.02. The van der Waals surface area contributed by atoms with Crippen LogP contribution in [-0.2, 0) is 11.8 Å². The van der Waals surface area contributed by atoms with E-state index in [2.05, 4.69) is 9.84 Å². The molecule has 94 valence electrons. The summed E-state index contributed by atoms with van der Waals surface area (Å²) in [6.07, 6.45) is 3.26. The zero-order valence-electron chi connectivity index (χ0n) is 10.1. The first-order valence-electron chi connectivity index (χ1n) is 5.24. The molecule has 2 N–H and O–H groups in total. The van der Waals surface area contributed by atoms with Crippen molar-refractivity contribution >= 4 is 11.7 Å². The molecule has 0 bridgehead atoms. The highest BCUT2D eigenvalue weighted by atomic mass is 16.5. The summed E-state index contributed by atoms with van der Waals surface area (Å²) in [5.41, 5.74) is 6.60. The molecule has 0 atom stereocenters. The minimum absolute atomic E-state index is 0.380. The van der Waals surface area contributed by atoms with Crippen molar-refractivity contribution in [3.63, 3.8) is 0 Å². The zero-order valence-corrected chi connectivity index (χ0v) is 10.1. The largest absolute Gasteiger partial charge is 0.465 e. The van der Waals surface area contributed by atoms with Gasteiger partial charge in [-0.2, -0.15) is 5.10 Å². The van der Waals surface area contributed by atoms with Gasteiger partial charge < -0.3 is 15.2 Å². The molecule has 0 spiro atoms. The van der Waals surface area contributed by atoms with Crippen LogP contribution in [0, 0.1) is 0 Å². The number of carbonyl (C=O) groups is 1.